The Labute approximate surface area is 154 Å². The van der Waals surface area contributed by atoms with Gasteiger partial charge in [-0.05, 0) is 31.2 Å². The van der Waals surface area contributed by atoms with Crippen LogP contribution in [0.3, 0.4) is 0 Å². The van der Waals surface area contributed by atoms with Crippen molar-refractivity contribution in [3.05, 3.63) is 81.5 Å². The lowest BCUT2D eigenvalue weighted by Gasteiger charge is -2.06. The molecule has 0 amide bonds. The van der Waals surface area contributed by atoms with Gasteiger partial charge in [-0.15, -0.1) is 0 Å². The van der Waals surface area contributed by atoms with Crippen LogP contribution >= 0.6 is 0 Å². The Morgan fingerprint density at radius 2 is 1.85 bits per heavy atom. The SMILES string of the molecule is CCOC(=O)/C(=C/c1c[nH]c2ccccc12)C(=O)c1ccc([N+](=O)[O-])cc1. The van der Waals surface area contributed by atoms with Crippen LogP contribution in [0.1, 0.15) is 22.8 Å². The van der Waals surface area contributed by atoms with Gasteiger partial charge in [-0.2, -0.15) is 0 Å². The van der Waals surface area contributed by atoms with Crippen molar-refractivity contribution in [1.82, 2.24) is 4.98 Å². The maximum atomic E-state index is 12.9. The van der Waals surface area contributed by atoms with Gasteiger partial charge >= 0.3 is 5.97 Å². The summed E-state index contributed by atoms with van der Waals surface area (Å²) in [5.41, 5.74) is 1.43. The highest BCUT2D eigenvalue weighted by Gasteiger charge is 2.22. The minimum Gasteiger partial charge on any atom is -0.462 e. The van der Waals surface area contributed by atoms with Gasteiger partial charge in [0.1, 0.15) is 5.57 Å². The maximum absolute atomic E-state index is 12.9. The molecule has 1 aromatic heterocycles. The number of nitrogens with one attached hydrogen (secondary N) is 1. The van der Waals surface area contributed by atoms with Crippen LogP contribution in [0.25, 0.3) is 17.0 Å². The van der Waals surface area contributed by atoms with Crippen molar-refractivity contribution in [2.45, 2.75) is 6.92 Å². The number of para-hydroxylation sites is 1. The molecular formula is C20H16N2O5. The van der Waals surface area contributed by atoms with Crippen molar-refractivity contribution >= 4 is 34.4 Å². The number of fused-ring (bicyclic) bond motifs is 1. The van der Waals surface area contributed by atoms with Gasteiger partial charge in [0.05, 0.1) is 11.5 Å². The lowest BCUT2D eigenvalue weighted by atomic mass is 10.0. The number of hydrogen-bond acceptors (Lipinski definition) is 5. The molecule has 0 saturated heterocycles. The molecule has 27 heavy (non-hydrogen) atoms. The van der Waals surface area contributed by atoms with E-state index in [0.29, 0.717) is 5.56 Å². The third-order valence-electron chi connectivity index (χ3n) is 4.00. The van der Waals surface area contributed by atoms with E-state index in [0.717, 1.165) is 10.9 Å². The Morgan fingerprint density at radius 1 is 1.15 bits per heavy atom. The summed E-state index contributed by atoms with van der Waals surface area (Å²) < 4.78 is 5.02. The summed E-state index contributed by atoms with van der Waals surface area (Å²) in [7, 11) is 0. The number of ketones is 1. The van der Waals surface area contributed by atoms with Crippen LogP contribution < -0.4 is 0 Å². The van der Waals surface area contributed by atoms with Crippen LogP contribution in [-0.2, 0) is 9.53 Å². The van der Waals surface area contributed by atoms with Crippen molar-refractivity contribution in [2.75, 3.05) is 6.61 Å². The van der Waals surface area contributed by atoms with Gasteiger partial charge in [-0.25, -0.2) is 4.79 Å². The van der Waals surface area contributed by atoms with Gasteiger partial charge in [-0.1, -0.05) is 18.2 Å². The number of carbonyl (C=O) groups is 2. The molecule has 0 radical (unpaired) electrons. The number of hydrogen-bond donors (Lipinski definition) is 1. The number of nitro groups is 1. The number of rotatable bonds is 6. The zero-order valence-corrected chi connectivity index (χ0v) is 14.5. The molecule has 0 aliphatic carbocycles. The molecule has 2 aromatic carbocycles. The number of H-pyrrole nitrogens is 1. The summed E-state index contributed by atoms with van der Waals surface area (Å²) in [4.78, 5) is 38.5. The number of nitrogens with zero attached hydrogens (tertiary/aromatic N) is 1. The van der Waals surface area contributed by atoms with Crippen LogP contribution in [0.15, 0.2) is 60.3 Å². The molecule has 136 valence electrons. The molecule has 0 aliphatic rings. The van der Waals surface area contributed by atoms with Crippen molar-refractivity contribution < 1.29 is 19.2 Å². The first-order chi connectivity index (χ1) is 13.0. The Morgan fingerprint density at radius 3 is 2.52 bits per heavy atom. The highest BCUT2D eigenvalue weighted by molar-refractivity contribution is 6.27. The molecule has 3 aromatic rings. The molecular weight excluding hydrogens is 348 g/mol. The molecule has 7 nitrogen and oxygen atoms in total. The lowest BCUT2D eigenvalue weighted by molar-refractivity contribution is -0.384. The highest BCUT2D eigenvalue weighted by atomic mass is 16.6. The second-order valence-electron chi connectivity index (χ2n) is 5.70. The van der Waals surface area contributed by atoms with Gasteiger partial charge in [0.25, 0.3) is 5.69 Å². The summed E-state index contributed by atoms with van der Waals surface area (Å²) in [6.45, 7) is 1.77. The fourth-order valence-corrected chi connectivity index (χ4v) is 2.68. The summed E-state index contributed by atoms with van der Waals surface area (Å²) >= 11 is 0. The van der Waals surface area contributed by atoms with Crippen molar-refractivity contribution in [3.63, 3.8) is 0 Å². The fraction of sp³-hybridized carbons (Fsp3) is 0.100. The number of nitro benzene ring substituents is 1. The van der Waals surface area contributed by atoms with E-state index in [4.69, 9.17) is 4.74 Å². The first-order valence-electron chi connectivity index (χ1n) is 8.25. The smallest absolute Gasteiger partial charge is 0.342 e. The molecule has 0 saturated carbocycles. The molecule has 3 rings (SSSR count). The number of Topliss-reactive ketones (excluding diaryl/α,β-unsaturated/α-hetero) is 1. The summed E-state index contributed by atoms with van der Waals surface area (Å²) in [5, 5.41) is 11.6. The number of aromatic nitrogens is 1. The van der Waals surface area contributed by atoms with Crippen molar-refractivity contribution in [2.24, 2.45) is 0 Å². The second kappa shape index (κ2) is 7.65. The molecule has 0 unspecified atom stereocenters. The van der Waals surface area contributed by atoms with Crippen molar-refractivity contribution in [3.8, 4) is 0 Å². The van der Waals surface area contributed by atoms with Gasteiger partial charge in [0.2, 0.25) is 0 Å². The van der Waals surface area contributed by atoms with E-state index in [-0.39, 0.29) is 23.4 Å². The molecule has 0 bridgehead atoms. The van der Waals surface area contributed by atoms with Gasteiger partial charge in [-0.3, -0.25) is 14.9 Å². The maximum Gasteiger partial charge on any atom is 0.342 e. The zero-order chi connectivity index (χ0) is 19.4. The number of benzene rings is 2. The van der Waals surface area contributed by atoms with Gasteiger partial charge < -0.3 is 9.72 Å². The predicted molar refractivity (Wildman–Crippen MR) is 100 cm³/mol. The Bertz CT molecular complexity index is 1050. The Balaban J connectivity index is 2.04. The summed E-state index contributed by atoms with van der Waals surface area (Å²) in [6, 6.07) is 12.6. The fourth-order valence-electron chi connectivity index (χ4n) is 2.68. The lowest BCUT2D eigenvalue weighted by Crippen LogP contribution is -2.16. The van der Waals surface area contributed by atoms with Crippen LogP contribution in [0, 0.1) is 10.1 Å². The number of non-ortho nitro benzene ring substituents is 1. The third kappa shape index (κ3) is 3.77. The molecule has 1 heterocycles. The van der Waals surface area contributed by atoms with Gasteiger partial charge in [0, 0.05) is 40.4 Å². The van der Waals surface area contributed by atoms with Crippen LogP contribution in [0.4, 0.5) is 5.69 Å². The first kappa shape index (κ1) is 18.1. The Hall–Kier alpha value is -3.74. The molecule has 0 spiro atoms. The highest BCUT2D eigenvalue weighted by Crippen LogP contribution is 2.23. The van der Waals surface area contributed by atoms with Crippen LogP contribution in [0.5, 0.6) is 0 Å². The number of aromatic amines is 1. The van der Waals surface area contributed by atoms with E-state index in [1.165, 1.54) is 30.3 Å². The average Bonchev–Trinajstić information content (AvgIpc) is 3.09. The zero-order valence-electron chi connectivity index (χ0n) is 14.5. The summed E-state index contributed by atoms with van der Waals surface area (Å²) in [5.74, 6) is -1.31. The van der Waals surface area contributed by atoms with Crippen LogP contribution in [0.2, 0.25) is 0 Å². The number of esters is 1. The van der Waals surface area contributed by atoms with E-state index in [9.17, 15) is 19.7 Å². The number of carbonyl (C=O) groups excluding carboxylic acids is 2. The predicted octanol–water partition coefficient (Wildman–Crippen LogP) is 3.91. The minimum absolute atomic E-state index is 0.123. The van der Waals surface area contributed by atoms with E-state index in [2.05, 4.69) is 4.98 Å². The normalized spacial score (nSPS) is 11.4. The van der Waals surface area contributed by atoms with E-state index in [1.807, 2.05) is 24.3 Å². The molecule has 0 atom stereocenters. The molecule has 0 fully saturated rings. The minimum atomic E-state index is -0.744. The van der Waals surface area contributed by atoms with E-state index < -0.39 is 16.7 Å². The van der Waals surface area contributed by atoms with Gasteiger partial charge in [0.15, 0.2) is 5.78 Å². The topological polar surface area (TPSA) is 102 Å². The van der Waals surface area contributed by atoms with Crippen LogP contribution in [-0.4, -0.2) is 28.3 Å². The van der Waals surface area contributed by atoms with E-state index in [1.54, 1.807) is 13.1 Å². The Kier molecular flexibility index (Phi) is 5.12. The molecule has 7 heteroatoms. The average molecular weight is 364 g/mol. The number of ether oxygens (including phenoxy) is 1. The monoisotopic (exact) mass is 364 g/mol. The summed E-state index contributed by atoms with van der Waals surface area (Å²) in [6.07, 6.45) is 3.17. The molecule has 1 N–H and O–H groups in total. The second-order valence-corrected chi connectivity index (χ2v) is 5.70. The van der Waals surface area contributed by atoms with Crippen molar-refractivity contribution in [1.29, 1.82) is 0 Å². The molecule has 0 aliphatic heterocycles. The van der Waals surface area contributed by atoms with E-state index >= 15 is 0 Å². The standard InChI is InChI=1S/C20H16N2O5/c1-2-27-20(24)17(11-14-12-21-18-6-4-3-5-16(14)18)19(23)13-7-9-15(10-8-13)22(25)26/h3-12,21H,2H2,1H3/b17-11+. The first-order valence-corrected chi connectivity index (χ1v) is 8.25. The third-order valence-corrected chi connectivity index (χ3v) is 4.00. The largest absolute Gasteiger partial charge is 0.462 e. The quantitative estimate of drug-likeness (QED) is 0.136.